The van der Waals surface area contributed by atoms with Crippen LogP contribution in [-0.2, 0) is 14.8 Å². The van der Waals surface area contributed by atoms with Crippen LogP contribution in [0.4, 0.5) is 5.69 Å². The van der Waals surface area contributed by atoms with E-state index < -0.39 is 10.0 Å². The van der Waals surface area contributed by atoms with Crippen LogP contribution in [-0.4, -0.2) is 56.8 Å². The van der Waals surface area contributed by atoms with Crippen LogP contribution in [0.5, 0.6) is 0 Å². The summed E-state index contributed by atoms with van der Waals surface area (Å²) in [6.07, 6.45) is 3.23. The van der Waals surface area contributed by atoms with Crippen LogP contribution in [0.2, 0.25) is 0 Å². The number of amides is 1. The van der Waals surface area contributed by atoms with Gasteiger partial charge in [-0.25, -0.2) is 8.42 Å². The van der Waals surface area contributed by atoms with Crippen molar-refractivity contribution in [1.29, 1.82) is 0 Å². The number of carbonyl (C=O) groups is 1. The number of hydrogen-bond acceptors (Lipinski definition) is 4. The van der Waals surface area contributed by atoms with Gasteiger partial charge in [0.25, 0.3) is 0 Å². The molecule has 0 unspecified atom stereocenters. The number of benzene rings is 3. The van der Waals surface area contributed by atoms with E-state index in [1.54, 1.807) is 24.3 Å². The Kier molecular flexibility index (Phi) is 6.18. The minimum Gasteiger partial charge on any atom is -0.322 e. The third kappa shape index (κ3) is 4.85. The summed E-state index contributed by atoms with van der Waals surface area (Å²) in [5, 5.41) is 4.93. The highest BCUT2D eigenvalue weighted by Crippen LogP contribution is 2.22. The molecule has 0 spiro atoms. The molecule has 4 rings (SSSR count). The number of fused-ring (bicyclic) bond motifs is 1. The van der Waals surface area contributed by atoms with Crippen molar-refractivity contribution in [2.45, 2.75) is 4.90 Å². The molecule has 160 valence electrons. The number of piperazine rings is 1. The third-order valence-corrected chi connectivity index (χ3v) is 7.33. The fourth-order valence-corrected chi connectivity index (χ4v) is 5.13. The number of likely N-dealkylation sites (N-methyl/N-ethyl adjacent to an activating group) is 1. The minimum absolute atomic E-state index is 0.188. The van der Waals surface area contributed by atoms with Crippen molar-refractivity contribution in [3.63, 3.8) is 0 Å². The number of carbonyl (C=O) groups excluding carboxylic acids is 1. The molecular weight excluding hydrogens is 410 g/mol. The van der Waals surface area contributed by atoms with E-state index in [4.69, 9.17) is 0 Å². The van der Waals surface area contributed by atoms with E-state index in [-0.39, 0.29) is 10.8 Å². The SMILES string of the molecule is CN1CCN(S(=O)(=O)c2cccc(NC(=O)C=Cc3cccc4ccccc34)c2)CC1. The first kappa shape index (κ1) is 21.2. The largest absolute Gasteiger partial charge is 0.322 e. The molecule has 0 saturated carbocycles. The maximum Gasteiger partial charge on any atom is 0.248 e. The normalized spacial score (nSPS) is 16.0. The lowest BCUT2D eigenvalue weighted by atomic mass is 10.0. The molecule has 0 radical (unpaired) electrons. The predicted molar refractivity (Wildman–Crippen MR) is 124 cm³/mol. The van der Waals surface area contributed by atoms with Gasteiger partial charge in [-0.15, -0.1) is 0 Å². The zero-order valence-electron chi connectivity index (χ0n) is 17.4. The van der Waals surface area contributed by atoms with Crippen molar-refractivity contribution >= 4 is 38.5 Å². The number of sulfonamides is 1. The summed E-state index contributed by atoms with van der Waals surface area (Å²) in [4.78, 5) is 14.7. The fourth-order valence-electron chi connectivity index (χ4n) is 3.66. The molecule has 1 fully saturated rings. The lowest BCUT2D eigenvalue weighted by molar-refractivity contribution is -0.111. The fraction of sp³-hybridized carbons (Fsp3) is 0.208. The van der Waals surface area contributed by atoms with Crippen molar-refractivity contribution in [2.75, 3.05) is 38.5 Å². The second kappa shape index (κ2) is 9.01. The number of hydrogen-bond donors (Lipinski definition) is 1. The highest BCUT2D eigenvalue weighted by molar-refractivity contribution is 7.89. The summed E-state index contributed by atoms with van der Waals surface area (Å²) in [5.74, 6) is -0.318. The maximum absolute atomic E-state index is 12.9. The quantitative estimate of drug-likeness (QED) is 0.624. The van der Waals surface area contributed by atoms with E-state index in [0.717, 1.165) is 16.3 Å². The Bertz CT molecular complexity index is 1220. The first-order valence-electron chi connectivity index (χ1n) is 10.2. The lowest BCUT2D eigenvalue weighted by Gasteiger charge is -2.31. The lowest BCUT2D eigenvalue weighted by Crippen LogP contribution is -2.47. The van der Waals surface area contributed by atoms with Crippen LogP contribution in [0.25, 0.3) is 16.8 Å². The Hall–Kier alpha value is -3.00. The van der Waals surface area contributed by atoms with Gasteiger partial charge < -0.3 is 10.2 Å². The molecule has 0 atom stereocenters. The number of rotatable bonds is 5. The summed E-state index contributed by atoms with van der Waals surface area (Å²) in [6, 6.07) is 20.3. The van der Waals surface area contributed by atoms with Gasteiger partial charge >= 0.3 is 0 Å². The Morgan fingerprint density at radius 3 is 2.45 bits per heavy atom. The maximum atomic E-state index is 12.9. The van der Waals surface area contributed by atoms with Crippen molar-refractivity contribution in [1.82, 2.24) is 9.21 Å². The summed E-state index contributed by atoms with van der Waals surface area (Å²) < 4.78 is 27.4. The van der Waals surface area contributed by atoms with E-state index >= 15 is 0 Å². The molecule has 3 aromatic carbocycles. The van der Waals surface area contributed by atoms with Crippen LogP contribution >= 0.6 is 0 Å². The first-order chi connectivity index (χ1) is 14.9. The molecule has 3 aromatic rings. The summed E-state index contributed by atoms with van der Waals surface area (Å²) in [5.41, 5.74) is 1.39. The molecule has 1 heterocycles. The highest BCUT2D eigenvalue weighted by Gasteiger charge is 2.27. The number of nitrogens with one attached hydrogen (secondary N) is 1. The molecule has 1 aliphatic heterocycles. The minimum atomic E-state index is -3.59. The van der Waals surface area contributed by atoms with Gasteiger partial charge in [0.1, 0.15) is 0 Å². The second-order valence-corrected chi connectivity index (χ2v) is 9.56. The number of anilines is 1. The second-order valence-electron chi connectivity index (χ2n) is 7.63. The van der Waals surface area contributed by atoms with Crippen LogP contribution in [0.1, 0.15) is 5.56 Å². The molecule has 1 saturated heterocycles. The summed E-state index contributed by atoms with van der Waals surface area (Å²) in [6.45, 7) is 2.33. The van der Waals surface area contributed by atoms with E-state index in [1.165, 1.54) is 16.4 Å². The van der Waals surface area contributed by atoms with E-state index in [9.17, 15) is 13.2 Å². The van der Waals surface area contributed by atoms with Gasteiger partial charge in [-0.05, 0) is 47.7 Å². The molecule has 31 heavy (non-hydrogen) atoms. The van der Waals surface area contributed by atoms with Crippen molar-refractivity contribution in [3.8, 4) is 0 Å². The molecule has 1 amide bonds. The first-order valence-corrected chi connectivity index (χ1v) is 11.6. The molecule has 0 aliphatic carbocycles. The summed E-state index contributed by atoms with van der Waals surface area (Å²) in [7, 11) is -1.61. The Labute approximate surface area is 182 Å². The highest BCUT2D eigenvalue weighted by atomic mass is 32.2. The molecule has 7 heteroatoms. The number of nitrogens with zero attached hydrogens (tertiary/aromatic N) is 2. The van der Waals surface area contributed by atoms with E-state index in [2.05, 4.69) is 10.2 Å². The van der Waals surface area contributed by atoms with Crippen LogP contribution in [0, 0.1) is 0 Å². The molecule has 1 aliphatic rings. The van der Waals surface area contributed by atoms with Gasteiger partial charge in [0.15, 0.2) is 0 Å². The van der Waals surface area contributed by atoms with Gasteiger partial charge in [-0.3, -0.25) is 4.79 Å². The van der Waals surface area contributed by atoms with Crippen molar-refractivity contribution in [3.05, 3.63) is 78.4 Å². The third-order valence-electron chi connectivity index (χ3n) is 5.44. The Morgan fingerprint density at radius 1 is 0.935 bits per heavy atom. The van der Waals surface area contributed by atoms with Crippen molar-refractivity contribution in [2.24, 2.45) is 0 Å². The molecular formula is C24H25N3O3S. The smallest absolute Gasteiger partial charge is 0.248 e. The Balaban J connectivity index is 1.48. The summed E-state index contributed by atoms with van der Waals surface area (Å²) >= 11 is 0. The van der Waals surface area contributed by atoms with Crippen molar-refractivity contribution < 1.29 is 13.2 Å². The zero-order chi connectivity index (χ0) is 21.8. The topological polar surface area (TPSA) is 69.7 Å². The monoisotopic (exact) mass is 435 g/mol. The van der Waals surface area contributed by atoms with Crippen LogP contribution in [0.3, 0.4) is 0 Å². The molecule has 1 N–H and O–H groups in total. The average molecular weight is 436 g/mol. The van der Waals surface area contributed by atoms with Gasteiger partial charge in [0.05, 0.1) is 4.90 Å². The van der Waals surface area contributed by atoms with E-state index in [0.29, 0.717) is 31.9 Å². The van der Waals surface area contributed by atoms with Crippen LogP contribution < -0.4 is 5.32 Å². The van der Waals surface area contributed by atoms with Gasteiger partial charge in [-0.2, -0.15) is 4.31 Å². The molecule has 0 aromatic heterocycles. The van der Waals surface area contributed by atoms with Gasteiger partial charge in [-0.1, -0.05) is 48.5 Å². The molecule has 0 bridgehead atoms. The van der Waals surface area contributed by atoms with Crippen LogP contribution in [0.15, 0.2) is 77.7 Å². The zero-order valence-corrected chi connectivity index (χ0v) is 18.2. The average Bonchev–Trinajstić information content (AvgIpc) is 2.78. The predicted octanol–water partition coefficient (Wildman–Crippen LogP) is 3.43. The van der Waals surface area contributed by atoms with E-state index in [1.807, 2.05) is 49.5 Å². The molecule has 6 nitrogen and oxygen atoms in total. The van der Waals surface area contributed by atoms with Gasteiger partial charge in [0.2, 0.25) is 15.9 Å². The standard InChI is InChI=1S/C24H25N3O3S/c1-26-14-16-27(17-15-26)31(29,30)22-10-5-9-21(18-22)25-24(28)13-12-20-8-4-7-19-6-2-3-11-23(19)20/h2-13,18H,14-17H2,1H3,(H,25,28). The Morgan fingerprint density at radius 2 is 1.65 bits per heavy atom. The van der Waals surface area contributed by atoms with Gasteiger partial charge in [0, 0.05) is 37.9 Å².